The minimum absolute atomic E-state index is 0.0306. The van der Waals surface area contributed by atoms with Crippen molar-refractivity contribution < 1.29 is 32.1 Å². The zero-order valence-corrected chi connectivity index (χ0v) is 33.5. The lowest BCUT2D eigenvalue weighted by molar-refractivity contribution is 0.0512. The molecular formula is C40H50F3N7O4Si. The Morgan fingerprint density at radius 1 is 1.11 bits per heavy atom. The van der Waals surface area contributed by atoms with E-state index < -0.39 is 31.4 Å². The molecule has 0 spiro atoms. The van der Waals surface area contributed by atoms with Crippen LogP contribution in [0.5, 0.6) is 11.8 Å². The van der Waals surface area contributed by atoms with E-state index in [-0.39, 0.29) is 37.2 Å². The average Bonchev–Trinajstić information content (AvgIpc) is 3.81. The fraction of sp³-hybridized carbons (Fsp3) is 0.500. The lowest BCUT2D eigenvalue weighted by Crippen LogP contribution is -2.43. The van der Waals surface area contributed by atoms with Crippen molar-refractivity contribution in [1.82, 2.24) is 29.6 Å². The SMILES string of the molecule is CCc1c(F)ccc2cc(OCOC)cc(-c3ncc4c(NCc5nn(COCC[Si](C)(C)C)cc5C)nc(OC[C@@]56CCCN5C[C@H](F)C6)nc4c3F)c12. The molecule has 0 saturated carbocycles. The van der Waals surface area contributed by atoms with Gasteiger partial charge in [-0.3, -0.25) is 9.88 Å². The minimum atomic E-state index is -1.22. The Balaban J connectivity index is 1.26. The van der Waals surface area contributed by atoms with Crippen molar-refractivity contribution >= 4 is 35.6 Å². The normalized spacial score (nSPS) is 18.7. The van der Waals surface area contributed by atoms with Crippen LogP contribution in [-0.4, -0.2) is 89.6 Å². The van der Waals surface area contributed by atoms with Crippen molar-refractivity contribution in [1.29, 1.82) is 0 Å². The molecule has 2 fully saturated rings. The second-order valence-electron chi connectivity index (χ2n) is 15.9. The summed E-state index contributed by atoms with van der Waals surface area (Å²) in [6.45, 7) is 13.4. The van der Waals surface area contributed by atoms with Gasteiger partial charge in [-0.2, -0.15) is 15.1 Å². The van der Waals surface area contributed by atoms with E-state index in [2.05, 4.69) is 39.8 Å². The van der Waals surface area contributed by atoms with Crippen LogP contribution in [0.25, 0.3) is 32.9 Å². The highest BCUT2D eigenvalue weighted by molar-refractivity contribution is 6.76. The Hall–Kier alpha value is -4.31. The molecule has 15 heteroatoms. The first kappa shape index (κ1) is 38.9. The third kappa shape index (κ3) is 8.30. The number of methoxy groups -OCH3 is 1. The third-order valence-electron chi connectivity index (χ3n) is 10.7. The number of fused-ring (bicyclic) bond motifs is 3. The molecule has 294 valence electrons. The van der Waals surface area contributed by atoms with Gasteiger partial charge in [-0.15, -0.1) is 0 Å². The first-order chi connectivity index (χ1) is 26.4. The van der Waals surface area contributed by atoms with Gasteiger partial charge in [-0.25, -0.2) is 17.9 Å². The highest BCUT2D eigenvalue weighted by Gasteiger charge is 2.49. The second-order valence-corrected chi connectivity index (χ2v) is 21.5. The topological polar surface area (TPSA) is 109 Å². The van der Waals surface area contributed by atoms with Crippen molar-refractivity contribution in [3.63, 3.8) is 0 Å². The van der Waals surface area contributed by atoms with E-state index in [1.54, 1.807) is 22.9 Å². The van der Waals surface area contributed by atoms with Gasteiger partial charge in [-0.1, -0.05) is 32.6 Å². The largest absolute Gasteiger partial charge is 0.468 e. The Morgan fingerprint density at radius 3 is 2.73 bits per heavy atom. The van der Waals surface area contributed by atoms with Gasteiger partial charge in [0.15, 0.2) is 12.6 Å². The molecule has 0 radical (unpaired) electrons. The van der Waals surface area contributed by atoms with E-state index in [0.717, 1.165) is 36.7 Å². The van der Waals surface area contributed by atoms with Gasteiger partial charge in [0.05, 0.1) is 23.2 Å². The summed E-state index contributed by atoms with van der Waals surface area (Å²) < 4.78 is 71.8. The maximum atomic E-state index is 17.1. The van der Waals surface area contributed by atoms with Crippen LogP contribution in [0.15, 0.2) is 36.7 Å². The minimum Gasteiger partial charge on any atom is -0.468 e. The molecule has 0 aliphatic carbocycles. The number of nitrogens with one attached hydrogen (secondary N) is 1. The molecule has 7 rings (SSSR count). The zero-order chi connectivity index (χ0) is 38.9. The van der Waals surface area contributed by atoms with Crippen molar-refractivity contribution in [2.45, 2.75) is 90.2 Å². The monoisotopic (exact) mass is 777 g/mol. The molecule has 0 bridgehead atoms. The van der Waals surface area contributed by atoms with Gasteiger partial charge in [0.1, 0.15) is 48.1 Å². The van der Waals surface area contributed by atoms with Crippen molar-refractivity contribution in [2.75, 3.05) is 45.5 Å². The van der Waals surface area contributed by atoms with E-state index in [0.29, 0.717) is 71.6 Å². The Kier molecular flexibility index (Phi) is 11.4. The fourth-order valence-electron chi connectivity index (χ4n) is 7.81. The summed E-state index contributed by atoms with van der Waals surface area (Å²) in [5.74, 6) is -0.416. The molecule has 5 aromatic rings. The van der Waals surface area contributed by atoms with Crippen LogP contribution < -0.4 is 14.8 Å². The number of ether oxygens (including phenoxy) is 4. The highest BCUT2D eigenvalue weighted by atomic mass is 28.3. The van der Waals surface area contributed by atoms with Crippen LogP contribution in [0.4, 0.5) is 19.0 Å². The standard InChI is InChI=1S/C40H50F3N7O4Si/c1-7-29-32(42)10-9-26-15-28(54-24-51-3)16-30(34(26)29)36-35(43)37-31(18-44-36)38(45-19-33-25(2)20-50(48-33)23-52-13-14-55(4,5)6)47-39(46-37)53-22-40-11-8-12-49(40)21-27(41)17-40/h9-10,15-16,18,20,27H,7-8,11-14,17,19,21-24H2,1-6H3,(H,45,46,47)/t27-,40+/m1/s1. The van der Waals surface area contributed by atoms with Crippen LogP contribution in [0.2, 0.25) is 25.7 Å². The van der Waals surface area contributed by atoms with E-state index in [4.69, 9.17) is 29.0 Å². The number of aryl methyl sites for hydroxylation is 2. The van der Waals surface area contributed by atoms with Crippen molar-refractivity contribution in [3.05, 3.63) is 65.1 Å². The first-order valence-electron chi connectivity index (χ1n) is 19.0. The highest BCUT2D eigenvalue weighted by Crippen LogP contribution is 2.42. The van der Waals surface area contributed by atoms with E-state index >= 15 is 8.78 Å². The molecule has 0 unspecified atom stereocenters. The number of alkyl halides is 1. The van der Waals surface area contributed by atoms with Gasteiger partial charge in [0.25, 0.3) is 0 Å². The van der Waals surface area contributed by atoms with Crippen LogP contribution in [0, 0.1) is 18.6 Å². The molecule has 2 aromatic carbocycles. The maximum Gasteiger partial charge on any atom is 0.319 e. The number of hydrogen-bond acceptors (Lipinski definition) is 10. The van der Waals surface area contributed by atoms with Crippen LogP contribution >= 0.6 is 0 Å². The van der Waals surface area contributed by atoms with E-state index in [9.17, 15) is 4.39 Å². The molecule has 55 heavy (non-hydrogen) atoms. The Morgan fingerprint density at radius 2 is 1.95 bits per heavy atom. The quantitative estimate of drug-likeness (QED) is 0.0601. The molecule has 11 nitrogen and oxygen atoms in total. The number of benzene rings is 2. The summed E-state index contributed by atoms with van der Waals surface area (Å²) in [6.07, 6.45) is 4.98. The molecular weight excluding hydrogens is 728 g/mol. The summed E-state index contributed by atoms with van der Waals surface area (Å²) in [6, 6.07) is 7.47. The summed E-state index contributed by atoms with van der Waals surface area (Å²) in [4.78, 5) is 16.1. The molecule has 2 aliphatic rings. The third-order valence-corrected chi connectivity index (χ3v) is 12.4. The van der Waals surface area contributed by atoms with Gasteiger partial charge in [-0.05, 0) is 78.9 Å². The summed E-state index contributed by atoms with van der Waals surface area (Å²) in [5.41, 5.74) is 1.97. The molecule has 1 N–H and O–H groups in total. The summed E-state index contributed by atoms with van der Waals surface area (Å²) >= 11 is 0. The lowest BCUT2D eigenvalue weighted by atomic mass is 9.94. The zero-order valence-electron chi connectivity index (χ0n) is 32.5. The van der Waals surface area contributed by atoms with Crippen LogP contribution in [0.3, 0.4) is 0 Å². The fourth-order valence-corrected chi connectivity index (χ4v) is 8.56. The smallest absolute Gasteiger partial charge is 0.319 e. The second kappa shape index (κ2) is 16.0. The number of aromatic nitrogens is 5. The summed E-state index contributed by atoms with van der Waals surface area (Å²) in [5, 5.41) is 9.58. The summed E-state index contributed by atoms with van der Waals surface area (Å²) in [7, 11) is 0.287. The Bertz CT molecular complexity index is 2180. The number of anilines is 1. The van der Waals surface area contributed by atoms with E-state index in [1.807, 2.05) is 20.0 Å². The van der Waals surface area contributed by atoms with E-state index in [1.165, 1.54) is 19.4 Å². The number of halogens is 3. The molecule has 0 amide bonds. The number of pyridine rings is 1. The maximum absolute atomic E-state index is 17.1. The predicted octanol–water partition coefficient (Wildman–Crippen LogP) is 8.05. The van der Waals surface area contributed by atoms with Gasteiger partial charge in [0.2, 0.25) is 0 Å². The van der Waals surface area contributed by atoms with Gasteiger partial charge < -0.3 is 24.3 Å². The molecule has 2 atom stereocenters. The molecule has 2 aliphatic heterocycles. The lowest BCUT2D eigenvalue weighted by Gasteiger charge is -2.30. The van der Waals surface area contributed by atoms with Gasteiger partial charge >= 0.3 is 6.01 Å². The van der Waals surface area contributed by atoms with Crippen LogP contribution in [0.1, 0.15) is 43.0 Å². The van der Waals surface area contributed by atoms with Crippen molar-refractivity contribution in [3.8, 4) is 23.0 Å². The predicted molar refractivity (Wildman–Crippen MR) is 209 cm³/mol. The van der Waals surface area contributed by atoms with Crippen LogP contribution in [-0.2, 0) is 29.2 Å². The Labute approximate surface area is 320 Å². The first-order valence-corrected chi connectivity index (χ1v) is 22.7. The molecule has 2 saturated heterocycles. The van der Waals surface area contributed by atoms with Crippen molar-refractivity contribution in [2.24, 2.45) is 0 Å². The number of hydrogen-bond donors (Lipinski definition) is 1. The van der Waals surface area contributed by atoms with Gasteiger partial charge in [0, 0.05) is 52.7 Å². The average molecular weight is 778 g/mol. The number of nitrogens with zero attached hydrogens (tertiary/aromatic N) is 6. The molecule has 5 heterocycles. The molecule has 3 aromatic heterocycles. The number of rotatable bonds is 16.